The average molecular weight is 248 g/mol. The molecule has 1 saturated carbocycles. The van der Waals surface area contributed by atoms with Gasteiger partial charge in [0.1, 0.15) is 0 Å². The molecule has 98 valence electrons. The zero-order chi connectivity index (χ0) is 12.8. The van der Waals surface area contributed by atoms with Gasteiger partial charge in [-0.05, 0) is 43.5 Å². The van der Waals surface area contributed by atoms with Gasteiger partial charge in [-0.1, -0.05) is 0 Å². The maximum absolute atomic E-state index is 11.6. The van der Waals surface area contributed by atoms with E-state index in [4.69, 9.17) is 4.74 Å². The molecule has 18 heavy (non-hydrogen) atoms. The number of ether oxygens (including phenoxy) is 1. The summed E-state index contributed by atoms with van der Waals surface area (Å²) in [6.07, 6.45) is 3.05. The SMILES string of the molecule is COCCCNc1ccc(NC(=O)C2CC2)cc1. The zero-order valence-electron chi connectivity index (χ0n) is 10.7. The number of nitrogens with one attached hydrogen (secondary N) is 2. The number of carbonyl (C=O) groups excluding carboxylic acids is 1. The standard InChI is InChI=1S/C14H20N2O2/c1-18-10-2-9-15-12-5-7-13(8-6-12)16-14(17)11-3-4-11/h5-8,11,15H,2-4,9-10H2,1H3,(H,16,17). The van der Waals surface area contributed by atoms with Crippen LogP contribution in [0.1, 0.15) is 19.3 Å². The maximum atomic E-state index is 11.6. The van der Waals surface area contributed by atoms with Crippen molar-refractivity contribution in [1.29, 1.82) is 0 Å². The molecule has 2 rings (SSSR count). The number of rotatable bonds is 7. The topological polar surface area (TPSA) is 50.4 Å². The average Bonchev–Trinajstić information content (AvgIpc) is 3.21. The van der Waals surface area contributed by atoms with Crippen LogP contribution in [0.5, 0.6) is 0 Å². The summed E-state index contributed by atoms with van der Waals surface area (Å²) < 4.78 is 4.98. The van der Waals surface area contributed by atoms with Gasteiger partial charge in [0.15, 0.2) is 0 Å². The lowest BCUT2D eigenvalue weighted by atomic mass is 10.2. The summed E-state index contributed by atoms with van der Waals surface area (Å²) in [5.41, 5.74) is 1.94. The van der Waals surface area contributed by atoms with Crippen LogP contribution < -0.4 is 10.6 Å². The van der Waals surface area contributed by atoms with Gasteiger partial charge < -0.3 is 15.4 Å². The molecule has 2 N–H and O–H groups in total. The first kappa shape index (κ1) is 12.9. The van der Waals surface area contributed by atoms with E-state index in [-0.39, 0.29) is 11.8 Å². The van der Waals surface area contributed by atoms with Crippen LogP contribution in [0.4, 0.5) is 11.4 Å². The van der Waals surface area contributed by atoms with E-state index in [1.807, 2.05) is 24.3 Å². The summed E-state index contributed by atoms with van der Waals surface area (Å²) >= 11 is 0. The molecule has 1 fully saturated rings. The van der Waals surface area contributed by atoms with Crippen molar-refractivity contribution in [3.8, 4) is 0 Å². The third kappa shape index (κ3) is 4.04. The van der Waals surface area contributed by atoms with Gasteiger partial charge in [0.05, 0.1) is 0 Å². The molecule has 0 unspecified atom stereocenters. The molecule has 1 aromatic rings. The van der Waals surface area contributed by atoms with Gasteiger partial charge >= 0.3 is 0 Å². The second-order valence-electron chi connectivity index (χ2n) is 4.61. The molecule has 0 spiro atoms. The summed E-state index contributed by atoms with van der Waals surface area (Å²) in [6, 6.07) is 7.82. The molecule has 0 heterocycles. The highest BCUT2D eigenvalue weighted by Gasteiger charge is 2.29. The maximum Gasteiger partial charge on any atom is 0.227 e. The molecule has 0 atom stereocenters. The Hall–Kier alpha value is -1.55. The molecule has 0 saturated heterocycles. The normalized spacial score (nSPS) is 14.3. The number of carbonyl (C=O) groups is 1. The van der Waals surface area contributed by atoms with Gasteiger partial charge in [0.2, 0.25) is 5.91 Å². The van der Waals surface area contributed by atoms with E-state index in [1.165, 1.54) is 0 Å². The van der Waals surface area contributed by atoms with Crippen LogP contribution in [-0.4, -0.2) is 26.2 Å². The second-order valence-corrected chi connectivity index (χ2v) is 4.61. The van der Waals surface area contributed by atoms with Crippen molar-refractivity contribution < 1.29 is 9.53 Å². The van der Waals surface area contributed by atoms with Crippen LogP contribution in [0, 0.1) is 5.92 Å². The lowest BCUT2D eigenvalue weighted by Gasteiger charge is -2.08. The molecule has 0 radical (unpaired) electrons. The minimum atomic E-state index is 0.149. The molecule has 1 aliphatic rings. The molecule has 1 aliphatic carbocycles. The third-order valence-electron chi connectivity index (χ3n) is 2.95. The van der Waals surface area contributed by atoms with Gasteiger partial charge in [-0.25, -0.2) is 0 Å². The minimum absolute atomic E-state index is 0.149. The largest absolute Gasteiger partial charge is 0.385 e. The van der Waals surface area contributed by atoms with Crippen molar-refractivity contribution in [3.63, 3.8) is 0 Å². The van der Waals surface area contributed by atoms with E-state index in [1.54, 1.807) is 7.11 Å². The monoisotopic (exact) mass is 248 g/mol. The van der Waals surface area contributed by atoms with Crippen LogP contribution in [0.15, 0.2) is 24.3 Å². The fourth-order valence-corrected chi connectivity index (χ4v) is 1.71. The van der Waals surface area contributed by atoms with Crippen LogP contribution in [-0.2, 0) is 9.53 Å². The Morgan fingerprint density at radius 2 is 1.94 bits per heavy atom. The minimum Gasteiger partial charge on any atom is -0.385 e. The lowest BCUT2D eigenvalue weighted by molar-refractivity contribution is -0.117. The van der Waals surface area contributed by atoms with E-state index in [0.717, 1.165) is 43.8 Å². The van der Waals surface area contributed by atoms with E-state index in [2.05, 4.69) is 10.6 Å². The molecular formula is C14H20N2O2. The summed E-state index contributed by atoms with van der Waals surface area (Å²) in [7, 11) is 1.71. The number of anilines is 2. The summed E-state index contributed by atoms with van der Waals surface area (Å²) in [6.45, 7) is 1.66. The van der Waals surface area contributed by atoms with Gasteiger partial charge in [-0.3, -0.25) is 4.79 Å². The predicted molar refractivity (Wildman–Crippen MR) is 72.8 cm³/mol. The summed E-state index contributed by atoms with van der Waals surface area (Å²) in [5, 5.41) is 6.22. The fraction of sp³-hybridized carbons (Fsp3) is 0.500. The lowest BCUT2D eigenvalue weighted by Crippen LogP contribution is -2.13. The number of benzene rings is 1. The Kier molecular flexibility index (Phi) is 4.59. The van der Waals surface area contributed by atoms with Crippen molar-refractivity contribution >= 4 is 17.3 Å². The molecule has 0 aliphatic heterocycles. The number of hydrogen-bond acceptors (Lipinski definition) is 3. The third-order valence-corrected chi connectivity index (χ3v) is 2.95. The summed E-state index contributed by atoms with van der Waals surface area (Å²) in [5.74, 6) is 0.396. The van der Waals surface area contributed by atoms with Crippen molar-refractivity contribution in [2.75, 3.05) is 30.9 Å². The van der Waals surface area contributed by atoms with Crippen molar-refractivity contribution in [3.05, 3.63) is 24.3 Å². The quantitative estimate of drug-likeness (QED) is 0.729. The van der Waals surface area contributed by atoms with Crippen LogP contribution in [0.25, 0.3) is 0 Å². The smallest absolute Gasteiger partial charge is 0.227 e. The number of methoxy groups -OCH3 is 1. The van der Waals surface area contributed by atoms with E-state index in [0.29, 0.717) is 0 Å². The van der Waals surface area contributed by atoms with Gasteiger partial charge in [0, 0.05) is 37.6 Å². The highest BCUT2D eigenvalue weighted by molar-refractivity contribution is 5.94. The molecule has 0 aromatic heterocycles. The van der Waals surface area contributed by atoms with Crippen LogP contribution in [0.2, 0.25) is 0 Å². The Bertz CT molecular complexity index is 385. The summed E-state index contributed by atoms with van der Waals surface area (Å²) in [4.78, 5) is 11.6. The van der Waals surface area contributed by atoms with Crippen LogP contribution in [0.3, 0.4) is 0 Å². The van der Waals surface area contributed by atoms with Crippen molar-refractivity contribution in [1.82, 2.24) is 0 Å². The van der Waals surface area contributed by atoms with Crippen molar-refractivity contribution in [2.45, 2.75) is 19.3 Å². The number of amides is 1. The number of hydrogen-bond donors (Lipinski definition) is 2. The molecule has 4 nitrogen and oxygen atoms in total. The highest BCUT2D eigenvalue weighted by Crippen LogP contribution is 2.30. The van der Waals surface area contributed by atoms with E-state index >= 15 is 0 Å². The first-order valence-electron chi connectivity index (χ1n) is 6.43. The van der Waals surface area contributed by atoms with E-state index in [9.17, 15) is 4.79 Å². The van der Waals surface area contributed by atoms with Gasteiger partial charge in [-0.15, -0.1) is 0 Å². The highest BCUT2D eigenvalue weighted by atomic mass is 16.5. The Morgan fingerprint density at radius 3 is 2.56 bits per heavy atom. The molecule has 1 amide bonds. The fourth-order valence-electron chi connectivity index (χ4n) is 1.71. The Balaban J connectivity index is 1.75. The molecule has 1 aromatic carbocycles. The molecule has 0 bridgehead atoms. The molecular weight excluding hydrogens is 228 g/mol. The first-order chi connectivity index (χ1) is 8.79. The second kappa shape index (κ2) is 6.40. The van der Waals surface area contributed by atoms with Gasteiger partial charge in [0.25, 0.3) is 0 Å². The predicted octanol–water partition coefficient (Wildman–Crippen LogP) is 2.48. The van der Waals surface area contributed by atoms with Crippen molar-refractivity contribution in [2.24, 2.45) is 5.92 Å². The van der Waals surface area contributed by atoms with Crippen LogP contribution >= 0.6 is 0 Å². The Morgan fingerprint density at radius 1 is 1.28 bits per heavy atom. The Labute approximate surface area is 108 Å². The first-order valence-corrected chi connectivity index (χ1v) is 6.43. The van der Waals surface area contributed by atoms with Gasteiger partial charge in [-0.2, -0.15) is 0 Å². The zero-order valence-corrected chi connectivity index (χ0v) is 10.7. The van der Waals surface area contributed by atoms with E-state index < -0.39 is 0 Å². The molecule has 4 heteroatoms.